The van der Waals surface area contributed by atoms with Gasteiger partial charge in [0.2, 0.25) is 5.91 Å². The van der Waals surface area contributed by atoms with Gasteiger partial charge in [0, 0.05) is 11.4 Å². The third kappa shape index (κ3) is 5.38. The molecule has 0 aliphatic rings. The first-order valence-corrected chi connectivity index (χ1v) is 8.78. The average molecular weight is 344 g/mol. The SMILES string of the molecule is CC(NC(=O)CCc1ccc(Cl)cc1)c1ccc(C(C)(C)C)cc1. The zero-order valence-corrected chi connectivity index (χ0v) is 15.7. The van der Waals surface area contributed by atoms with Crippen LogP contribution in [0.15, 0.2) is 48.5 Å². The molecule has 1 atom stereocenters. The summed E-state index contributed by atoms with van der Waals surface area (Å²) < 4.78 is 0. The second kappa shape index (κ2) is 7.85. The maximum Gasteiger partial charge on any atom is 0.220 e. The van der Waals surface area contributed by atoms with E-state index in [2.05, 4.69) is 50.4 Å². The van der Waals surface area contributed by atoms with Gasteiger partial charge in [-0.25, -0.2) is 0 Å². The number of halogens is 1. The molecule has 2 aromatic rings. The summed E-state index contributed by atoms with van der Waals surface area (Å²) in [7, 11) is 0. The third-order valence-electron chi connectivity index (χ3n) is 4.21. The molecule has 2 aromatic carbocycles. The molecule has 1 amide bonds. The van der Waals surface area contributed by atoms with Crippen LogP contribution >= 0.6 is 11.6 Å². The van der Waals surface area contributed by atoms with Gasteiger partial charge in [-0.15, -0.1) is 0 Å². The van der Waals surface area contributed by atoms with Crippen LogP contribution in [0.2, 0.25) is 5.02 Å². The highest BCUT2D eigenvalue weighted by Gasteiger charge is 2.15. The first-order chi connectivity index (χ1) is 11.3. The average Bonchev–Trinajstić information content (AvgIpc) is 2.53. The van der Waals surface area contributed by atoms with Crippen molar-refractivity contribution in [3.05, 3.63) is 70.2 Å². The second-order valence-electron chi connectivity index (χ2n) is 7.29. The summed E-state index contributed by atoms with van der Waals surface area (Å²) in [5.74, 6) is 0.0670. The molecule has 0 aliphatic heterocycles. The summed E-state index contributed by atoms with van der Waals surface area (Å²) in [5, 5.41) is 3.79. The smallest absolute Gasteiger partial charge is 0.220 e. The minimum absolute atomic E-state index is 0.0109. The fraction of sp³-hybridized carbons (Fsp3) is 0.381. The fourth-order valence-electron chi connectivity index (χ4n) is 2.58. The summed E-state index contributed by atoms with van der Waals surface area (Å²) in [4.78, 5) is 12.2. The number of amides is 1. The molecule has 0 saturated heterocycles. The minimum Gasteiger partial charge on any atom is -0.350 e. The summed E-state index contributed by atoms with van der Waals surface area (Å²) >= 11 is 5.87. The Morgan fingerprint density at radius 1 is 1.04 bits per heavy atom. The summed E-state index contributed by atoms with van der Waals surface area (Å²) in [6.45, 7) is 8.62. The molecule has 3 heteroatoms. The van der Waals surface area contributed by atoms with E-state index in [4.69, 9.17) is 11.6 Å². The van der Waals surface area contributed by atoms with E-state index < -0.39 is 0 Å². The van der Waals surface area contributed by atoms with Crippen molar-refractivity contribution >= 4 is 17.5 Å². The quantitative estimate of drug-likeness (QED) is 0.768. The molecule has 0 spiro atoms. The number of benzene rings is 2. The summed E-state index contributed by atoms with van der Waals surface area (Å²) in [6.07, 6.45) is 1.20. The molecule has 0 saturated carbocycles. The van der Waals surface area contributed by atoms with E-state index in [1.54, 1.807) is 0 Å². The van der Waals surface area contributed by atoms with Gasteiger partial charge in [0.25, 0.3) is 0 Å². The Labute approximate surface area is 150 Å². The number of carbonyl (C=O) groups excluding carboxylic acids is 1. The highest BCUT2D eigenvalue weighted by atomic mass is 35.5. The molecule has 2 nitrogen and oxygen atoms in total. The van der Waals surface area contributed by atoms with Crippen molar-refractivity contribution in [1.29, 1.82) is 0 Å². The van der Waals surface area contributed by atoms with Crippen LogP contribution in [0.4, 0.5) is 0 Å². The zero-order chi connectivity index (χ0) is 17.7. The Morgan fingerprint density at radius 3 is 2.17 bits per heavy atom. The molecule has 24 heavy (non-hydrogen) atoms. The Hall–Kier alpha value is -1.80. The van der Waals surface area contributed by atoms with E-state index in [1.807, 2.05) is 31.2 Å². The lowest BCUT2D eigenvalue weighted by Crippen LogP contribution is -2.26. The molecule has 1 N–H and O–H groups in total. The highest BCUT2D eigenvalue weighted by Crippen LogP contribution is 2.24. The van der Waals surface area contributed by atoms with Gasteiger partial charge in [0.15, 0.2) is 0 Å². The molecule has 0 aromatic heterocycles. The number of aryl methyl sites for hydroxylation is 1. The van der Waals surface area contributed by atoms with Gasteiger partial charge < -0.3 is 5.32 Å². The normalized spacial score (nSPS) is 12.7. The molecular formula is C21H26ClNO. The lowest BCUT2D eigenvalue weighted by atomic mass is 9.86. The van der Waals surface area contributed by atoms with Gasteiger partial charge in [0.1, 0.15) is 0 Å². The van der Waals surface area contributed by atoms with Crippen LogP contribution in [0.1, 0.15) is 56.8 Å². The van der Waals surface area contributed by atoms with Crippen LogP contribution in [0.3, 0.4) is 0 Å². The molecule has 0 heterocycles. The van der Waals surface area contributed by atoms with Crippen molar-refractivity contribution in [2.75, 3.05) is 0 Å². The number of rotatable bonds is 5. The Balaban J connectivity index is 1.88. The molecule has 2 rings (SSSR count). The predicted molar refractivity (Wildman–Crippen MR) is 101 cm³/mol. The summed E-state index contributed by atoms with van der Waals surface area (Å²) in [6, 6.07) is 16.1. The number of hydrogen-bond acceptors (Lipinski definition) is 1. The lowest BCUT2D eigenvalue weighted by Gasteiger charge is -2.20. The van der Waals surface area contributed by atoms with Crippen LogP contribution in [0.25, 0.3) is 0 Å². The standard InChI is InChI=1S/C21H26ClNO/c1-15(17-8-10-18(11-9-17)21(2,3)4)23-20(24)14-7-16-5-12-19(22)13-6-16/h5-6,8-13,15H,7,14H2,1-4H3,(H,23,24). The first kappa shape index (κ1) is 18.5. The van der Waals surface area contributed by atoms with Crippen molar-refractivity contribution in [1.82, 2.24) is 5.32 Å². The lowest BCUT2D eigenvalue weighted by molar-refractivity contribution is -0.121. The van der Waals surface area contributed by atoms with Crippen LogP contribution in [-0.4, -0.2) is 5.91 Å². The van der Waals surface area contributed by atoms with E-state index >= 15 is 0 Å². The van der Waals surface area contributed by atoms with Gasteiger partial charge in [-0.3, -0.25) is 4.79 Å². The van der Waals surface area contributed by atoms with Crippen LogP contribution in [-0.2, 0) is 16.6 Å². The highest BCUT2D eigenvalue weighted by molar-refractivity contribution is 6.30. The van der Waals surface area contributed by atoms with Gasteiger partial charge in [0.05, 0.1) is 6.04 Å². The maximum atomic E-state index is 12.2. The van der Waals surface area contributed by atoms with E-state index in [1.165, 1.54) is 5.56 Å². The molecular weight excluding hydrogens is 318 g/mol. The molecule has 0 aliphatic carbocycles. The van der Waals surface area contributed by atoms with Crippen molar-refractivity contribution < 1.29 is 4.79 Å². The number of nitrogens with one attached hydrogen (secondary N) is 1. The Morgan fingerprint density at radius 2 is 1.62 bits per heavy atom. The van der Waals surface area contributed by atoms with Crippen molar-refractivity contribution in [2.45, 2.75) is 52.0 Å². The summed E-state index contributed by atoms with van der Waals surface area (Å²) in [5.41, 5.74) is 3.69. The third-order valence-corrected chi connectivity index (χ3v) is 4.46. The van der Waals surface area contributed by atoms with Gasteiger partial charge >= 0.3 is 0 Å². The first-order valence-electron chi connectivity index (χ1n) is 8.40. The Bertz CT molecular complexity index is 668. The van der Waals surface area contributed by atoms with Gasteiger partial charge in [-0.05, 0) is 47.6 Å². The van der Waals surface area contributed by atoms with Crippen molar-refractivity contribution in [3.63, 3.8) is 0 Å². The monoisotopic (exact) mass is 343 g/mol. The number of hydrogen-bond donors (Lipinski definition) is 1. The van der Waals surface area contributed by atoms with Crippen LogP contribution < -0.4 is 5.32 Å². The molecule has 0 radical (unpaired) electrons. The largest absolute Gasteiger partial charge is 0.350 e. The van der Waals surface area contributed by atoms with Crippen molar-refractivity contribution in [2.24, 2.45) is 0 Å². The maximum absolute atomic E-state index is 12.2. The molecule has 0 fully saturated rings. The Kier molecular flexibility index (Phi) is 6.06. The van der Waals surface area contributed by atoms with E-state index in [-0.39, 0.29) is 17.4 Å². The van der Waals surface area contributed by atoms with Gasteiger partial charge in [-0.1, -0.05) is 68.8 Å². The van der Waals surface area contributed by atoms with Crippen molar-refractivity contribution in [3.8, 4) is 0 Å². The van der Waals surface area contributed by atoms with E-state index in [0.29, 0.717) is 6.42 Å². The topological polar surface area (TPSA) is 29.1 Å². The predicted octanol–water partition coefficient (Wildman–Crippen LogP) is 5.45. The van der Waals surface area contributed by atoms with E-state index in [9.17, 15) is 4.79 Å². The van der Waals surface area contributed by atoms with E-state index in [0.717, 1.165) is 22.6 Å². The second-order valence-corrected chi connectivity index (χ2v) is 7.72. The molecule has 0 bridgehead atoms. The molecule has 1 unspecified atom stereocenters. The van der Waals surface area contributed by atoms with Crippen LogP contribution in [0, 0.1) is 0 Å². The minimum atomic E-state index is 0.0109. The fourth-order valence-corrected chi connectivity index (χ4v) is 2.70. The zero-order valence-electron chi connectivity index (χ0n) is 14.9. The molecule has 128 valence electrons. The number of carbonyl (C=O) groups is 1. The van der Waals surface area contributed by atoms with Gasteiger partial charge in [-0.2, -0.15) is 0 Å². The van der Waals surface area contributed by atoms with Crippen LogP contribution in [0.5, 0.6) is 0 Å².